The van der Waals surface area contributed by atoms with Crippen LogP contribution in [0, 0.1) is 0 Å². The van der Waals surface area contributed by atoms with Gasteiger partial charge in [-0.1, -0.05) is 0 Å². The van der Waals surface area contributed by atoms with Crippen molar-refractivity contribution in [3.05, 3.63) is 48.0 Å². The molecule has 3 rings (SSSR count). The van der Waals surface area contributed by atoms with E-state index in [1.807, 2.05) is 22.9 Å². The number of hydrogen-bond donors (Lipinski definition) is 2. The predicted octanol–water partition coefficient (Wildman–Crippen LogP) is 1.73. The summed E-state index contributed by atoms with van der Waals surface area (Å²) in [5.74, 6) is -0.0830. The van der Waals surface area contributed by atoms with Gasteiger partial charge in [-0.05, 0) is 36.6 Å². The Morgan fingerprint density at radius 1 is 1.42 bits per heavy atom. The Balaban J connectivity index is 1.70. The molecule has 0 spiro atoms. The van der Waals surface area contributed by atoms with E-state index in [1.165, 1.54) is 0 Å². The minimum absolute atomic E-state index is 0.0830. The van der Waals surface area contributed by atoms with Crippen molar-refractivity contribution in [1.82, 2.24) is 14.9 Å². The quantitative estimate of drug-likeness (QED) is 0.875. The van der Waals surface area contributed by atoms with Crippen molar-refractivity contribution in [2.45, 2.75) is 25.4 Å². The van der Waals surface area contributed by atoms with Crippen molar-refractivity contribution in [2.75, 3.05) is 5.73 Å². The van der Waals surface area contributed by atoms with Gasteiger partial charge in [-0.3, -0.25) is 9.78 Å². The summed E-state index contributed by atoms with van der Waals surface area (Å²) in [6.45, 7) is 0.497. The Bertz CT molecular complexity index is 587. The zero-order valence-corrected chi connectivity index (χ0v) is 10.5. The third kappa shape index (κ3) is 2.59. The highest BCUT2D eigenvalue weighted by Crippen LogP contribution is 2.37. The number of aromatic nitrogens is 2. The Kier molecular flexibility index (Phi) is 2.95. The van der Waals surface area contributed by atoms with E-state index < -0.39 is 0 Å². The molecule has 0 radical (unpaired) electrons. The second-order valence-corrected chi connectivity index (χ2v) is 4.84. The topological polar surface area (TPSA) is 72.9 Å². The average molecular weight is 256 g/mol. The van der Waals surface area contributed by atoms with Crippen LogP contribution in [-0.4, -0.2) is 15.5 Å². The number of nitrogens with zero attached hydrogens (tertiary/aromatic N) is 2. The number of anilines is 1. The lowest BCUT2D eigenvalue weighted by Gasteiger charge is -2.08. The molecule has 0 bridgehead atoms. The molecule has 1 aliphatic carbocycles. The summed E-state index contributed by atoms with van der Waals surface area (Å²) >= 11 is 0. The number of nitrogens with one attached hydrogen (secondary N) is 1. The number of pyridine rings is 1. The lowest BCUT2D eigenvalue weighted by Crippen LogP contribution is -2.25. The number of carbonyl (C=O) groups is 1. The highest BCUT2D eigenvalue weighted by Gasteiger charge is 2.27. The molecule has 1 amide bonds. The number of rotatable bonds is 4. The summed E-state index contributed by atoms with van der Waals surface area (Å²) in [5.41, 5.74) is 8.10. The SMILES string of the molecule is Nc1cc(C(=O)NCc2ccncc2)n(C2CC2)c1. The van der Waals surface area contributed by atoms with E-state index >= 15 is 0 Å². The zero-order chi connectivity index (χ0) is 13.2. The lowest BCUT2D eigenvalue weighted by atomic mass is 10.2. The van der Waals surface area contributed by atoms with Gasteiger partial charge in [0.25, 0.3) is 5.91 Å². The predicted molar refractivity (Wildman–Crippen MR) is 72.5 cm³/mol. The molecule has 5 heteroatoms. The number of hydrogen-bond acceptors (Lipinski definition) is 3. The van der Waals surface area contributed by atoms with Gasteiger partial charge in [0.05, 0.1) is 5.69 Å². The minimum atomic E-state index is -0.0830. The highest BCUT2D eigenvalue weighted by atomic mass is 16.1. The lowest BCUT2D eigenvalue weighted by molar-refractivity contribution is 0.0941. The Morgan fingerprint density at radius 2 is 2.16 bits per heavy atom. The van der Waals surface area contributed by atoms with Crippen LogP contribution in [0.4, 0.5) is 5.69 Å². The molecule has 3 N–H and O–H groups in total. The van der Waals surface area contributed by atoms with Crippen LogP contribution in [0.2, 0.25) is 0 Å². The molecule has 0 aromatic carbocycles. The van der Waals surface area contributed by atoms with Crippen LogP contribution >= 0.6 is 0 Å². The molecule has 0 aliphatic heterocycles. The first-order valence-corrected chi connectivity index (χ1v) is 6.38. The maximum absolute atomic E-state index is 12.2. The molecular weight excluding hydrogens is 240 g/mol. The Hall–Kier alpha value is -2.30. The largest absolute Gasteiger partial charge is 0.397 e. The monoisotopic (exact) mass is 256 g/mol. The molecule has 19 heavy (non-hydrogen) atoms. The minimum Gasteiger partial charge on any atom is -0.397 e. The van der Waals surface area contributed by atoms with E-state index in [0.29, 0.717) is 24.0 Å². The summed E-state index contributed by atoms with van der Waals surface area (Å²) < 4.78 is 1.98. The van der Waals surface area contributed by atoms with Crippen LogP contribution in [0.3, 0.4) is 0 Å². The smallest absolute Gasteiger partial charge is 0.268 e. The standard InChI is InChI=1S/C14H16N4O/c15-11-7-13(18(9-11)12-1-2-12)14(19)17-8-10-3-5-16-6-4-10/h3-7,9,12H,1-2,8,15H2,(H,17,19). The van der Waals surface area contributed by atoms with Crippen molar-refractivity contribution in [2.24, 2.45) is 0 Å². The van der Waals surface area contributed by atoms with Crippen molar-refractivity contribution in [3.8, 4) is 0 Å². The highest BCUT2D eigenvalue weighted by molar-refractivity contribution is 5.93. The van der Waals surface area contributed by atoms with Gasteiger partial charge in [-0.25, -0.2) is 0 Å². The third-order valence-electron chi connectivity index (χ3n) is 3.25. The van der Waals surface area contributed by atoms with Crippen molar-refractivity contribution in [3.63, 3.8) is 0 Å². The van der Waals surface area contributed by atoms with Gasteiger partial charge < -0.3 is 15.6 Å². The van der Waals surface area contributed by atoms with Crippen LogP contribution in [-0.2, 0) is 6.54 Å². The van der Waals surface area contributed by atoms with Crippen LogP contribution in [0.25, 0.3) is 0 Å². The van der Waals surface area contributed by atoms with Gasteiger partial charge >= 0.3 is 0 Å². The van der Waals surface area contributed by atoms with Crippen LogP contribution in [0.1, 0.15) is 34.9 Å². The molecular formula is C14H16N4O. The summed E-state index contributed by atoms with van der Waals surface area (Å²) in [5, 5.41) is 2.91. The normalized spacial score (nSPS) is 14.3. The van der Waals surface area contributed by atoms with Gasteiger partial charge in [-0.2, -0.15) is 0 Å². The van der Waals surface area contributed by atoms with Crippen molar-refractivity contribution in [1.29, 1.82) is 0 Å². The van der Waals surface area contributed by atoms with Gasteiger partial charge in [0.1, 0.15) is 5.69 Å². The second kappa shape index (κ2) is 4.76. The number of carbonyl (C=O) groups excluding carboxylic acids is 1. The van der Waals surface area contributed by atoms with E-state index in [0.717, 1.165) is 18.4 Å². The van der Waals surface area contributed by atoms with E-state index in [9.17, 15) is 4.79 Å². The summed E-state index contributed by atoms with van der Waals surface area (Å²) in [6.07, 6.45) is 7.52. The van der Waals surface area contributed by atoms with Crippen LogP contribution in [0.5, 0.6) is 0 Å². The maximum Gasteiger partial charge on any atom is 0.268 e. The van der Waals surface area contributed by atoms with E-state index in [-0.39, 0.29) is 5.91 Å². The molecule has 1 saturated carbocycles. The fourth-order valence-electron chi connectivity index (χ4n) is 2.11. The van der Waals surface area contributed by atoms with Gasteiger partial charge in [0.2, 0.25) is 0 Å². The second-order valence-electron chi connectivity index (χ2n) is 4.84. The van der Waals surface area contributed by atoms with Crippen LogP contribution < -0.4 is 11.1 Å². The Labute approximate surface area is 111 Å². The molecule has 2 aromatic heterocycles. The first-order valence-electron chi connectivity index (χ1n) is 6.38. The molecule has 5 nitrogen and oxygen atoms in total. The molecule has 0 atom stereocenters. The molecule has 0 unspecified atom stereocenters. The van der Waals surface area contributed by atoms with Gasteiger partial charge in [-0.15, -0.1) is 0 Å². The van der Waals surface area contributed by atoms with Gasteiger partial charge in [0, 0.05) is 31.2 Å². The first-order chi connectivity index (χ1) is 9.24. The fourth-order valence-corrected chi connectivity index (χ4v) is 2.11. The summed E-state index contributed by atoms with van der Waals surface area (Å²) in [4.78, 5) is 16.1. The number of nitrogen functional groups attached to an aromatic ring is 1. The average Bonchev–Trinajstić information content (AvgIpc) is 3.20. The fraction of sp³-hybridized carbons (Fsp3) is 0.286. The molecule has 1 fully saturated rings. The van der Waals surface area contributed by atoms with E-state index in [2.05, 4.69) is 10.3 Å². The van der Waals surface area contributed by atoms with Gasteiger partial charge in [0.15, 0.2) is 0 Å². The molecule has 1 aliphatic rings. The van der Waals surface area contributed by atoms with Crippen molar-refractivity contribution < 1.29 is 4.79 Å². The summed E-state index contributed by atoms with van der Waals surface area (Å²) in [7, 11) is 0. The first kappa shape index (κ1) is 11.8. The molecule has 98 valence electrons. The van der Waals surface area contributed by atoms with Crippen LogP contribution in [0.15, 0.2) is 36.8 Å². The molecule has 2 aromatic rings. The Morgan fingerprint density at radius 3 is 2.84 bits per heavy atom. The molecule has 0 saturated heterocycles. The third-order valence-corrected chi connectivity index (χ3v) is 3.25. The summed E-state index contributed by atoms with van der Waals surface area (Å²) in [6, 6.07) is 5.95. The van der Waals surface area contributed by atoms with E-state index in [4.69, 9.17) is 5.73 Å². The number of amides is 1. The van der Waals surface area contributed by atoms with Crippen molar-refractivity contribution >= 4 is 11.6 Å². The number of nitrogens with two attached hydrogens (primary N) is 1. The van der Waals surface area contributed by atoms with E-state index in [1.54, 1.807) is 18.5 Å². The maximum atomic E-state index is 12.2. The molecule has 2 heterocycles. The zero-order valence-electron chi connectivity index (χ0n) is 10.5.